The van der Waals surface area contributed by atoms with Gasteiger partial charge in [-0.2, -0.15) is 0 Å². The van der Waals surface area contributed by atoms with Gasteiger partial charge in [-0.05, 0) is 57.2 Å². The number of fused-ring (bicyclic) bond motifs is 2. The van der Waals surface area contributed by atoms with E-state index >= 15 is 0 Å². The second kappa shape index (κ2) is 6.71. The smallest absolute Gasteiger partial charge is 0.163 e. The van der Waals surface area contributed by atoms with Gasteiger partial charge in [-0.15, -0.1) is 5.10 Å². The number of benzene rings is 1. The van der Waals surface area contributed by atoms with Crippen LogP contribution in [0.2, 0.25) is 0 Å². The number of nitrogens with zero attached hydrogens (tertiary/aromatic N) is 5. The molecular weight excluding hydrogens is 322 g/mol. The van der Waals surface area contributed by atoms with Crippen molar-refractivity contribution in [1.82, 2.24) is 20.0 Å². The molecule has 1 aliphatic heterocycles. The van der Waals surface area contributed by atoms with Crippen LogP contribution in [0.3, 0.4) is 0 Å². The van der Waals surface area contributed by atoms with Gasteiger partial charge >= 0.3 is 0 Å². The van der Waals surface area contributed by atoms with Gasteiger partial charge in [-0.3, -0.25) is 0 Å². The molecule has 0 amide bonds. The molecule has 1 aliphatic rings. The zero-order valence-electron chi connectivity index (χ0n) is 16.2. The first-order valence-corrected chi connectivity index (χ1v) is 9.72. The summed E-state index contributed by atoms with van der Waals surface area (Å²) in [7, 11) is 0. The van der Waals surface area contributed by atoms with Gasteiger partial charge in [0.2, 0.25) is 0 Å². The Morgan fingerprint density at radius 1 is 1.12 bits per heavy atom. The van der Waals surface area contributed by atoms with Crippen molar-refractivity contribution in [3.05, 3.63) is 41.1 Å². The van der Waals surface area contributed by atoms with Crippen molar-refractivity contribution in [1.29, 1.82) is 0 Å². The molecule has 0 unspecified atom stereocenters. The molecule has 5 nitrogen and oxygen atoms in total. The molecule has 0 radical (unpaired) electrons. The van der Waals surface area contributed by atoms with Crippen LogP contribution in [0.5, 0.6) is 0 Å². The van der Waals surface area contributed by atoms with Gasteiger partial charge < -0.3 is 4.90 Å². The molecule has 1 aromatic carbocycles. The molecule has 0 N–H and O–H groups in total. The topological polar surface area (TPSA) is 46.8 Å². The summed E-state index contributed by atoms with van der Waals surface area (Å²) >= 11 is 0. The second-order valence-electron chi connectivity index (χ2n) is 7.35. The molecule has 0 bridgehead atoms. The normalized spacial score (nSPS) is 14.3. The standard InChI is InChI=1S/C21H27N5/c1-5-17(6-2)26-19-13-15(4)22-21(20(19)23-24-26)25-11-7-8-16-12-14(3)9-10-18(16)25/h9-10,12-13,17H,5-8,11H2,1-4H3. The Labute approximate surface area is 155 Å². The Morgan fingerprint density at radius 2 is 1.92 bits per heavy atom. The average molecular weight is 349 g/mol. The van der Waals surface area contributed by atoms with Gasteiger partial charge in [0.05, 0.1) is 11.6 Å². The highest BCUT2D eigenvalue weighted by atomic mass is 15.4. The minimum absolute atomic E-state index is 0.381. The summed E-state index contributed by atoms with van der Waals surface area (Å²) in [5, 5.41) is 9.06. The van der Waals surface area contributed by atoms with Crippen LogP contribution in [0.25, 0.3) is 11.0 Å². The third kappa shape index (κ3) is 2.75. The second-order valence-corrected chi connectivity index (χ2v) is 7.35. The van der Waals surface area contributed by atoms with Gasteiger partial charge in [0, 0.05) is 17.9 Å². The quantitative estimate of drug-likeness (QED) is 0.673. The maximum absolute atomic E-state index is 4.88. The van der Waals surface area contributed by atoms with E-state index in [1.54, 1.807) is 0 Å². The van der Waals surface area contributed by atoms with Crippen LogP contribution >= 0.6 is 0 Å². The van der Waals surface area contributed by atoms with Crippen molar-refractivity contribution < 1.29 is 0 Å². The van der Waals surface area contributed by atoms with E-state index in [9.17, 15) is 0 Å². The van der Waals surface area contributed by atoms with Crippen LogP contribution in [-0.2, 0) is 6.42 Å². The summed E-state index contributed by atoms with van der Waals surface area (Å²) in [6.07, 6.45) is 4.37. The number of hydrogen-bond acceptors (Lipinski definition) is 4. The van der Waals surface area contributed by atoms with E-state index in [2.05, 4.69) is 71.9 Å². The molecule has 136 valence electrons. The maximum Gasteiger partial charge on any atom is 0.163 e. The van der Waals surface area contributed by atoms with Crippen molar-refractivity contribution in [3.8, 4) is 0 Å². The van der Waals surface area contributed by atoms with Crippen molar-refractivity contribution in [3.63, 3.8) is 0 Å². The Hall–Kier alpha value is -2.43. The highest BCUT2D eigenvalue weighted by molar-refractivity contribution is 5.89. The lowest BCUT2D eigenvalue weighted by molar-refractivity contribution is 0.430. The Balaban J connectivity index is 1.88. The largest absolute Gasteiger partial charge is 0.324 e. The van der Waals surface area contributed by atoms with E-state index in [1.165, 1.54) is 16.8 Å². The summed E-state index contributed by atoms with van der Waals surface area (Å²) in [5.41, 5.74) is 7.00. The van der Waals surface area contributed by atoms with E-state index in [4.69, 9.17) is 4.98 Å². The van der Waals surface area contributed by atoms with Gasteiger partial charge in [-0.25, -0.2) is 9.67 Å². The Kier molecular flexibility index (Phi) is 4.39. The minimum atomic E-state index is 0.381. The fourth-order valence-corrected chi connectivity index (χ4v) is 4.08. The number of anilines is 2. The number of hydrogen-bond donors (Lipinski definition) is 0. The van der Waals surface area contributed by atoms with Gasteiger partial charge in [0.1, 0.15) is 0 Å². The van der Waals surface area contributed by atoms with Crippen LogP contribution in [-0.4, -0.2) is 26.5 Å². The number of pyridine rings is 1. The zero-order valence-corrected chi connectivity index (χ0v) is 16.2. The number of rotatable bonds is 4. The fraction of sp³-hybridized carbons (Fsp3) is 0.476. The zero-order chi connectivity index (χ0) is 18.3. The third-order valence-electron chi connectivity index (χ3n) is 5.47. The monoisotopic (exact) mass is 349 g/mol. The first-order valence-electron chi connectivity index (χ1n) is 9.72. The van der Waals surface area contributed by atoms with E-state index in [1.807, 2.05) is 0 Å². The highest BCUT2D eigenvalue weighted by Gasteiger charge is 2.24. The number of aryl methyl sites for hydroxylation is 3. The molecule has 0 saturated carbocycles. The minimum Gasteiger partial charge on any atom is -0.324 e. The van der Waals surface area contributed by atoms with E-state index in [0.29, 0.717) is 6.04 Å². The van der Waals surface area contributed by atoms with Gasteiger partial charge in [0.15, 0.2) is 11.3 Å². The molecule has 3 heterocycles. The molecule has 0 atom stereocenters. The lowest BCUT2D eigenvalue weighted by atomic mass is 9.99. The Morgan fingerprint density at radius 3 is 2.69 bits per heavy atom. The molecular formula is C21H27N5. The van der Waals surface area contributed by atoms with Crippen molar-refractivity contribution in [2.24, 2.45) is 0 Å². The molecule has 2 aromatic heterocycles. The Bertz CT molecular complexity index is 939. The van der Waals surface area contributed by atoms with E-state index in [0.717, 1.165) is 54.8 Å². The molecule has 26 heavy (non-hydrogen) atoms. The molecule has 0 fully saturated rings. The predicted octanol–water partition coefficient (Wildman–Crippen LogP) is 4.89. The van der Waals surface area contributed by atoms with Crippen LogP contribution in [0, 0.1) is 13.8 Å². The average Bonchev–Trinajstić information content (AvgIpc) is 3.05. The van der Waals surface area contributed by atoms with Crippen molar-refractivity contribution in [2.45, 2.75) is 59.4 Å². The summed E-state index contributed by atoms with van der Waals surface area (Å²) in [5.74, 6) is 0.946. The maximum atomic E-state index is 4.88. The van der Waals surface area contributed by atoms with Crippen LogP contribution in [0.4, 0.5) is 11.5 Å². The SMILES string of the molecule is CCC(CC)n1nnc2c(N3CCCc4cc(C)ccc43)nc(C)cc21. The third-order valence-corrected chi connectivity index (χ3v) is 5.47. The molecule has 4 rings (SSSR count). The fourth-order valence-electron chi connectivity index (χ4n) is 4.08. The highest BCUT2D eigenvalue weighted by Crippen LogP contribution is 2.36. The summed E-state index contributed by atoms with van der Waals surface area (Å²) in [6, 6.07) is 9.22. The van der Waals surface area contributed by atoms with Gasteiger partial charge in [0.25, 0.3) is 0 Å². The van der Waals surface area contributed by atoms with Crippen molar-refractivity contribution in [2.75, 3.05) is 11.4 Å². The first kappa shape index (κ1) is 17.0. The first-order chi connectivity index (χ1) is 12.6. The van der Waals surface area contributed by atoms with E-state index < -0.39 is 0 Å². The summed E-state index contributed by atoms with van der Waals surface area (Å²) in [4.78, 5) is 7.21. The number of aromatic nitrogens is 4. The van der Waals surface area contributed by atoms with Gasteiger partial charge in [-0.1, -0.05) is 36.8 Å². The molecule has 0 saturated heterocycles. The van der Waals surface area contributed by atoms with E-state index in [-0.39, 0.29) is 0 Å². The van der Waals surface area contributed by atoms with Crippen LogP contribution in [0.15, 0.2) is 24.3 Å². The van der Waals surface area contributed by atoms with Crippen LogP contribution in [0.1, 0.15) is 56.0 Å². The molecule has 0 spiro atoms. The lowest BCUT2D eigenvalue weighted by Crippen LogP contribution is -2.26. The summed E-state index contributed by atoms with van der Waals surface area (Å²) in [6.45, 7) is 9.61. The summed E-state index contributed by atoms with van der Waals surface area (Å²) < 4.78 is 2.09. The predicted molar refractivity (Wildman–Crippen MR) is 106 cm³/mol. The lowest BCUT2D eigenvalue weighted by Gasteiger charge is -2.31. The molecule has 3 aromatic rings. The van der Waals surface area contributed by atoms with Crippen LogP contribution < -0.4 is 4.90 Å². The van der Waals surface area contributed by atoms with Crippen molar-refractivity contribution >= 4 is 22.5 Å². The molecule has 5 heteroatoms. The molecule has 0 aliphatic carbocycles.